The van der Waals surface area contributed by atoms with Crippen molar-refractivity contribution in [2.75, 3.05) is 10.6 Å². The van der Waals surface area contributed by atoms with Crippen LogP contribution in [0, 0.1) is 12.7 Å². The summed E-state index contributed by atoms with van der Waals surface area (Å²) >= 11 is 5.67. The van der Waals surface area contributed by atoms with Crippen molar-refractivity contribution in [3.63, 3.8) is 0 Å². The first-order chi connectivity index (χ1) is 10.9. The first-order valence-corrected chi connectivity index (χ1v) is 7.06. The topological polar surface area (TPSA) is 89.8 Å². The van der Waals surface area contributed by atoms with Crippen LogP contribution < -0.4 is 16.3 Å². The summed E-state index contributed by atoms with van der Waals surface area (Å²) in [5.41, 5.74) is 2.60. The highest BCUT2D eigenvalue weighted by atomic mass is 35.5. The Morgan fingerprint density at radius 3 is 2.52 bits per heavy atom. The van der Waals surface area contributed by atoms with E-state index in [4.69, 9.17) is 11.6 Å². The fourth-order valence-electron chi connectivity index (χ4n) is 2.18. The van der Waals surface area contributed by atoms with Crippen molar-refractivity contribution in [1.82, 2.24) is 9.97 Å². The van der Waals surface area contributed by atoms with Crippen molar-refractivity contribution in [2.45, 2.75) is 6.92 Å². The van der Waals surface area contributed by atoms with E-state index in [0.717, 1.165) is 5.56 Å². The lowest BCUT2D eigenvalue weighted by Crippen LogP contribution is -2.20. The van der Waals surface area contributed by atoms with Gasteiger partial charge in [0.1, 0.15) is 5.82 Å². The molecule has 1 aromatic heterocycles. The van der Waals surface area contributed by atoms with E-state index in [9.17, 15) is 14.0 Å². The van der Waals surface area contributed by atoms with Crippen molar-refractivity contribution in [3.05, 3.63) is 57.2 Å². The van der Waals surface area contributed by atoms with E-state index < -0.39 is 11.8 Å². The van der Waals surface area contributed by atoms with E-state index in [2.05, 4.69) is 20.6 Å². The minimum Gasteiger partial charge on any atom is -0.308 e. The first-order valence-electron chi connectivity index (χ1n) is 6.68. The number of anilines is 2. The second-order valence-corrected chi connectivity index (χ2v) is 5.41. The molecule has 8 heteroatoms. The number of imidazole rings is 1. The summed E-state index contributed by atoms with van der Waals surface area (Å²) in [5, 5.41) is 5.15. The zero-order valence-electron chi connectivity index (χ0n) is 12.0. The van der Waals surface area contributed by atoms with Crippen LogP contribution in [0.3, 0.4) is 0 Å². The molecule has 3 aromatic rings. The molecule has 0 spiro atoms. The van der Waals surface area contributed by atoms with Gasteiger partial charge >= 0.3 is 11.7 Å². The van der Waals surface area contributed by atoms with Gasteiger partial charge in [0.15, 0.2) is 0 Å². The smallest absolute Gasteiger partial charge is 0.308 e. The molecule has 0 aliphatic heterocycles. The number of carbonyl (C=O) groups excluding carboxylic acids is 1. The lowest BCUT2D eigenvalue weighted by molar-refractivity contribution is 0.262. The van der Waals surface area contributed by atoms with Gasteiger partial charge in [0.05, 0.1) is 16.1 Å². The molecule has 1 heterocycles. The molecule has 0 bridgehead atoms. The highest BCUT2D eigenvalue weighted by molar-refractivity contribution is 6.31. The lowest BCUT2D eigenvalue weighted by Gasteiger charge is -2.10. The fourth-order valence-corrected chi connectivity index (χ4v) is 2.36. The molecule has 0 saturated heterocycles. The molecule has 2 amide bonds. The highest BCUT2D eigenvalue weighted by Crippen LogP contribution is 2.22. The summed E-state index contributed by atoms with van der Waals surface area (Å²) in [6.45, 7) is 1.80. The maximum atomic E-state index is 13.1. The van der Waals surface area contributed by atoms with E-state index >= 15 is 0 Å². The Morgan fingerprint density at radius 1 is 1.13 bits per heavy atom. The molecule has 3 rings (SSSR count). The van der Waals surface area contributed by atoms with Crippen LogP contribution in [-0.4, -0.2) is 16.0 Å². The molecular formula is C15H12ClFN4O2. The quantitative estimate of drug-likeness (QED) is 0.577. The molecule has 0 unspecified atom stereocenters. The standard InChI is InChI=1S/C15H12ClFN4O2/c1-7-4-12-13(21-15(23)20-12)6-11(7)19-14(22)18-8-2-3-10(17)9(16)5-8/h2-6H,1H3,(H2,18,19,22)(H2,20,21,23). The zero-order valence-corrected chi connectivity index (χ0v) is 12.7. The largest absolute Gasteiger partial charge is 0.323 e. The SMILES string of the molecule is Cc1cc2[nH]c(=O)[nH]c2cc1NC(=O)Nc1ccc(F)c(Cl)c1. The molecule has 4 N–H and O–H groups in total. The number of hydrogen-bond acceptors (Lipinski definition) is 2. The molecule has 0 saturated carbocycles. The van der Waals surface area contributed by atoms with E-state index in [-0.39, 0.29) is 10.7 Å². The van der Waals surface area contributed by atoms with Gasteiger partial charge in [-0.05, 0) is 42.8 Å². The van der Waals surface area contributed by atoms with Crippen molar-refractivity contribution in [1.29, 1.82) is 0 Å². The highest BCUT2D eigenvalue weighted by Gasteiger charge is 2.09. The fraction of sp³-hybridized carbons (Fsp3) is 0.0667. The van der Waals surface area contributed by atoms with Crippen molar-refractivity contribution >= 4 is 40.0 Å². The summed E-state index contributed by atoms with van der Waals surface area (Å²) in [6.07, 6.45) is 0. The van der Waals surface area contributed by atoms with Gasteiger partial charge in [0, 0.05) is 11.4 Å². The molecule has 2 aromatic carbocycles. The average molecular weight is 335 g/mol. The molecule has 0 aliphatic carbocycles. The third-order valence-corrected chi connectivity index (χ3v) is 3.58. The minimum absolute atomic E-state index is 0.0784. The number of carbonyl (C=O) groups is 1. The Hall–Kier alpha value is -2.80. The molecule has 6 nitrogen and oxygen atoms in total. The predicted octanol–water partition coefficient (Wildman–Crippen LogP) is 3.60. The summed E-state index contributed by atoms with van der Waals surface area (Å²) < 4.78 is 13.1. The number of H-pyrrole nitrogens is 2. The third-order valence-electron chi connectivity index (χ3n) is 3.29. The van der Waals surface area contributed by atoms with Gasteiger partial charge in [-0.1, -0.05) is 11.6 Å². The Morgan fingerprint density at radius 2 is 1.83 bits per heavy atom. The predicted molar refractivity (Wildman–Crippen MR) is 87.7 cm³/mol. The molecule has 0 radical (unpaired) electrons. The Bertz CT molecular complexity index is 964. The summed E-state index contributed by atoms with van der Waals surface area (Å²) in [7, 11) is 0. The number of halogens is 2. The van der Waals surface area contributed by atoms with Crippen LogP contribution in [0.5, 0.6) is 0 Å². The number of aromatic amines is 2. The average Bonchev–Trinajstić information content (AvgIpc) is 2.82. The second kappa shape index (κ2) is 5.77. The van der Waals surface area contributed by atoms with Crippen LogP contribution in [0.1, 0.15) is 5.56 Å². The van der Waals surface area contributed by atoms with E-state index in [0.29, 0.717) is 22.4 Å². The molecule has 0 aliphatic rings. The van der Waals surface area contributed by atoms with Gasteiger partial charge in [0.25, 0.3) is 0 Å². The van der Waals surface area contributed by atoms with Gasteiger partial charge < -0.3 is 20.6 Å². The summed E-state index contributed by atoms with van der Waals surface area (Å²) in [4.78, 5) is 28.6. The molecule has 118 valence electrons. The number of amides is 2. The van der Waals surface area contributed by atoms with Gasteiger partial charge in [-0.2, -0.15) is 0 Å². The number of urea groups is 1. The van der Waals surface area contributed by atoms with Gasteiger partial charge in [-0.3, -0.25) is 0 Å². The van der Waals surface area contributed by atoms with E-state index in [1.54, 1.807) is 19.1 Å². The van der Waals surface area contributed by atoms with Gasteiger partial charge in [-0.25, -0.2) is 14.0 Å². The molecule has 0 atom stereocenters. The number of fused-ring (bicyclic) bond motifs is 1. The van der Waals surface area contributed by atoms with E-state index in [1.165, 1.54) is 18.2 Å². The van der Waals surface area contributed by atoms with Crippen molar-refractivity contribution < 1.29 is 9.18 Å². The maximum absolute atomic E-state index is 13.1. The van der Waals surface area contributed by atoms with Crippen LogP contribution in [0.15, 0.2) is 35.1 Å². The van der Waals surface area contributed by atoms with Crippen molar-refractivity contribution in [2.24, 2.45) is 0 Å². The Balaban J connectivity index is 1.80. The number of rotatable bonds is 2. The van der Waals surface area contributed by atoms with Crippen LogP contribution >= 0.6 is 11.6 Å². The molecular weight excluding hydrogens is 323 g/mol. The zero-order chi connectivity index (χ0) is 16.6. The van der Waals surface area contributed by atoms with Crippen LogP contribution in [0.4, 0.5) is 20.6 Å². The molecule has 23 heavy (non-hydrogen) atoms. The number of hydrogen-bond donors (Lipinski definition) is 4. The normalized spacial score (nSPS) is 10.7. The van der Waals surface area contributed by atoms with Crippen molar-refractivity contribution in [3.8, 4) is 0 Å². The number of aryl methyl sites for hydroxylation is 1. The molecule has 0 fully saturated rings. The summed E-state index contributed by atoms with van der Waals surface area (Å²) in [6, 6.07) is 6.78. The summed E-state index contributed by atoms with van der Waals surface area (Å²) in [5.74, 6) is -0.560. The number of nitrogens with one attached hydrogen (secondary N) is 4. The lowest BCUT2D eigenvalue weighted by atomic mass is 10.2. The third kappa shape index (κ3) is 3.19. The number of benzene rings is 2. The van der Waals surface area contributed by atoms with Crippen LogP contribution in [-0.2, 0) is 0 Å². The van der Waals surface area contributed by atoms with Gasteiger partial charge in [-0.15, -0.1) is 0 Å². The van der Waals surface area contributed by atoms with Gasteiger partial charge in [0.2, 0.25) is 0 Å². The maximum Gasteiger partial charge on any atom is 0.323 e. The second-order valence-electron chi connectivity index (χ2n) is 5.00. The van der Waals surface area contributed by atoms with Crippen LogP contribution in [0.2, 0.25) is 5.02 Å². The first kappa shape index (κ1) is 15.1. The van der Waals surface area contributed by atoms with E-state index in [1.807, 2.05) is 0 Å². The monoisotopic (exact) mass is 334 g/mol. The van der Waals surface area contributed by atoms with Crippen LogP contribution in [0.25, 0.3) is 11.0 Å². The Kier molecular flexibility index (Phi) is 3.79. The number of aromatic nitrogens is 2. The minimum atomic E-state index is -0.560. The Labute approximate surface area is 134 Å².